The number of ether oxygens (including phenoxy) is 2. The summed E-state index contributed by atoms with van der Waals surface area (Å²) in [5.74, 6) is -9.50. The molecule has 2 aromatic carbocycles. The molecule has 4 atom stereocenters. The average Bonchev–Trinajstić information content (AvgIpc) is 3.23. The molecule has 2 aliphatic heterocycles. The van der Waals surface area contributed by atoms with E-state index in [4.69, 9.17) is 9.47 Å². The van der Waals surface area contributed by atoms with E-state index in [1.54, 1.807) is 24.3 Å². The Labute approximate surface area is 182 Å². The van der Waals surface area contributed by atoms with E-state index in [9.17, 15) is 28.8 Å². The van der Waals surface area contributed by atoms with E-state index in [0.29, 0.717) is 0 Å². The fourth-order valence-corrected chi connectivity index (χ4v) is 3.90. The first-order chi connectivity index (χ1) is 15.2. The minimum Gasteiger partial charge on any atom is -0.451 e. The van der Waals surface area contributed by atoms with Gasteiger partial charge in [-0.25, -0.2) is 9.59 Å². The number of hydrogen-bond donors (Lipinski definition) is 0. The van der Waals surface area contributed by atoms with E-state index < -0.39 is 59.1 Å². The van der Waals surface area contributed by atoms with Gasteiger partial charge in [-0.05, 0) is 13.8 Å². The van der Waals surface area contributed by atoms with Crippen molar-refractivity contribution in [3.8, 4) is 0 Å². The Hall–Kier alpha value is -3.94. The lowest BCUT2D eigenvalue weighted by molar-refractivity contribution is -0.157. The van der Waals surface area contributed by atoms with Gasteiger partial charge in [-0.15, -0.1) is 0 Å². The third-order valence-electron chi connectivity index (χ3n) is 5.67. The van der Waals surface area contributed by atoms with Crippen LogP contribution in [0.1, 0.15) is 31.8 Å². The number of aryl methyl sites for hydroxylation is 2. The summed E-state index contributed by atoms with van der Waals surface area (Å²) in [4.78, 5) is 75.2. The number of carbonyl (C=O) groups is 6. The fraction of sp³-hybridized carbons (Fsp3) is 0.250. The highest BCUT2D eigenvalue weighted by molar-refractivity contribution is 6.43. The molecule has 2 saturated heterocycles. The SMILES string of the molecule is Cc1ccc(C(=O)C2C(=O)C(=O)OC2C2OC(=O)C(=O)C2C(=O)c2ccc(C)cc2)cc1. The molecule has 0 aromatic heterocycles. The summed E-state index contributed by atoms with van der Waals surface area (Å²) in [6, 6.07) is 12.6. The Balaban J connectivity index is 1.71. The van der Waals surface area contributed by atoms with Crippen molar-refractivity contribution in [1.82, 2.24) is 0 Å². The minimum atomic E-state index is -1.64. The van der Waals surface area contributed by atoms with Gasteiger partial charge < -0.3 is 9.47 Å². The number of hydrogen-bond acceptors (Lipinski definition) is 8. The second-order valence-electron chi connectivity index (χ2n) is 7.88. The third-order valence-corrected chi connectivity index (χ3v) is 5.67. The van der Waals surface area contributed by atoms with Crippen LogP contribution in [0.15, 0.2) is 48.5 Å². The van der Waals surface area contributed by atoms with Crippen LogP contribution in [0.25, 0.3) is 0 Å². The first kappa shape index (κ1) is 21.3. The van der Waals surface area contributed by atoms with Crippen molar-refractivity contribution >= 4 is 35.1 Å². The largest absolute Gasteiger partial charge is 0.451 e. The summed E-state index contributed by atoms with van der Waals surface area (Å²) in [6.07, 6.45) is -3.17. The van der Waals surface area contributed by atoms with Crippen molar-refractivity contribution in [2.75, 3.05) is 0 Å². The van der Waals surface area contributed by atoms with E-state index in [-0.39, 0.29) is 11.1 Å². The van der Waals surface area contributed by atoms with E-state index in [0.717, 1.165) is 11.1 Å². The number of benzene rings is 2. The summed E-state index contributed by atoms with van der Waals surface area (Å²) in [6.45, 7) is 3.63. The number of esters is 2. The smallest absolute Gasteiger partial charge is 0.376 e. The van der Waals surface area contributed by atoms with E-state index in [2.05, 4.69) is 0 Å². The molecule has 8 nitrogen and oxygen atoms in total. The highest BCUT2D eigenvalue weighted by Crippen LogP contribution is 2.35. The summed E-state index contributed by atoms with van der Waals surface area (Å²) < 4.78 is 10.2. The van der Waals surface area contributed by atoms with Crippen LogP contribution < -0.4 is 0 Å². The Kier molecular flexibility index (Phi) is 5.30. The Morgan fingerprint density at radius 3 is 1.22 bits per heavy atom. The maximum Gasteiger partial charge on any atom is 0.376 e. The van der Waals surface area contributed by atoms with Crippen LogP contribution in [0.4, 0.5) is 0 Å². The molecule has 4 rings (SSSR count). The maximum absolute atomic E-state index is 13.1. The summed E-state index contributed by atoms with van der Waals surface area (Å²) >= 11 is 0. The van der Waals surface area contributed by atoms with E-state index >= 15 is 0 Å². The van der Waals surface area contributed by atoms with Crippen molar-refractivity contribution in [3.63, 3.8) is 0 Å². The zero-order chi connectivity index (χ0) is 23.2. The van der Waals surface area contributed by atoms with Gasteiger partial charge in [0.15, 0.2) is 23.8 Å². The molecule has 0 saturated carbocycles. The van der Waals surface area contributed by atoms with Crippen LogP contribution in [-0.2, 0) is 28.7 Å². The van der Waals surface area contributed by atoms with Gasteiger partial charge in [0.25, 0.3) is 11.6 Å². The highest BCUT2D eigenvalue weighted by Gasteiger charge is 2.60. The van der Waals surface area contributed by atoms with Crippen molar-refractivity contribution in [2.45, 2.75) is 26.1 Å². The lowest BCUT2D eigenvalue weighted by atomic mass is 9.81. The number of ketones is 4. The lowest BCUT2D eigenvalue weighted by Crippen LogP contribution is -2.44. The third kappa shape index (κ3) is 3.53. The molecule has 4 unspecified atom stereocenters. The van der Waals surface area contributed by atoms with Gasteiger partial charge in [0.1, 0.15) is 11.8 Å². The van der Waals surface area contributed by atoms with Crippen LogP contribution in [0.2, 0.25) is 0 Å². The molecule has 32 heavy (non-hydrogen) atoms. The van der Waals surface area contributed by atoms with Gasteiger partial charge in [-0.1, -0.05) is 59.7 Å². The fourth-order valence-electron chi connectivity index (χ4n) is 3.90. The molecule has 0 bridgehead atoms. The van der Waals surface area contributed by atoms with Crippen molar-refractivity contribution < 1.29 is 38.2 Å². The quantitative estimate of drug-likeness (QED) is 0.301. The van der Waals surface area contributed by atoms with Crippen LogP contribution in [0.5, 0.6) is 0 Å². The summed E-state index contributed by atoms with van der Waals surface area (Å²) in [5, 5.41) is 0. The first-order valence-corrected chi connectivity index (χ1v) is 9.90. The molecule has 0 spiro atoms. The van der Waals surface area contributed by atoms with Gasteiger partial charge in [-0.2, -0.15) is 0 Å². The second kappa shape index (κ2) is 7.96. The standard InChI is InChI=1S/C24H18O8/c1-11-3-7-13(8-4-11)17(25)15-19(27)23(29)31-21(15)22-16(20(28)24(30)32-22)18(26)14-9-5-12(2)6-10-14/h3-10,15-16,21-22H,1-2H3. The molecule has 2 aromatic rings. The molecule has 2 aliphatic rings. The molecule has 0 aliphatic carbocycles. The van der Waals surface area contributed by atoms with Gasteiger partial charge in [0, 0.05) is 11.1 Å². The van der Waals surface area contributed by atoms with Gasteiger partial charge in [0.05, 0.1) is 0 Å². The van der Waals surface area contributed by atoms with E-state index in [1.807, 2.05) is 13.8 Å². The maximum atomic E-state index is 13.1. The molecule has 162 valence electrons. The first-order valence-electron chi connectivity index (χ1n) is 9.90. The second-order valence-corrected chi connectivity index (χ2v) is 7.88. The Morgan fingerprint density at radius 1 is 0.594 bits per heavy atom. The predicted octanol–water partition coefficient (Wildman–Crippen LogP) is 1.59. The van der Waals surface area contributed by atoms with Gasteiger partial charge in [-0.3, -0.25) is 19.2 Å². The number of carbonyl (C=O) groups excluding carboxylic acids is 6. The number of cyclic esters (lactones) is 2. The van der Waals surface area contributed by atoms with E-state index in [1.165, 1.54) is 24.3 Å². The molecule has 0 radical (unpaired) electrons. The van der Waals surface area contributed by atoms with Gasteiger partial charge in [0.2, 0.25) is 0 Å². The molecular weight excluding hydrogens is 416 g/mol. The number of Topliss-reactive ketones (excluding diaryl/α,β-unsaturated/α-hetero) is 4. The topological polar surface area (TPSA) is 121 Å². The van der Waals surface area contributed by atoms with Crippen LogP contribution >= 0.6 is 0 Å². The lowest BCUT2D eigenvalue weighted by Gasteiger charge is -2.24. The molecular formula is C24H18O8. The minimum absolute atomic E-state index is 0.148. The summed E-state index contributed by atoms with van der Waals surface area (Å²) in [5.41, 5.74) is 2.05. The van der Waals surface area contributed by atoms with Crippen molar-refractivity contribution in [1.29, 1.82) is 0 Å². The Bertz CT molecular complexity index is 1070. The van der Waals surface area contributed by atoms with Crippen molar-refractivity contribution in [3.05, 3.63) is 70.8 Å². The molecule has 2 fully saturated rings. The monoisotopic (exact) mass is 434 g/mol. The van der Waals surface area contributed by atoms with Gasteiger partial charge >= 0.3 is 11.9 Å². The summed E-state index contributed by atoms with van der Waals surface area (Å²) in [7, 11) is 0. The predicted molar refractivity (Wildman–Crippen MR) is 108 cm³/mol. The Morgan fingerprint density at radius 2 is 0.906 bits per heavy atom. The molecule has 0 N–H and O–H groups in total. The zero-order valence-corrected chi connectivity index (χ0v) is 17.2. The number of rotatable bonds is 5. The van der Waals surface area contributed by atoms with Crippen LogP contribution in [-0.4, -0.2) is 47.3 Å². The van der Waals surface area contributed by atoms with Crippen LogP contribution in [0.3, 0.4) is 0 Å². The normalized spacial score (nSPS) is 24.9. The zero-order valence-electron chi connectivity index (χ0n) is 17.2. The molecule has 8 heteroatoms. The van der Waals surface area contributed by atoms with Crippen LogP contribution in [0, 0.1) is 25.7 Å². The van der Waals surface area contributed by atoms with Crippen molar-refractivity contribution in [2.24, 2.45) is 11.8 Å². The average molecular weight is 434 g/mol. The highest BCUT2D eigenvalue weighted by atomic mass is 16.6. The molecule has 2 heterocycles. The molecule has 0 amide bonds.